The third-order valence-electron chi connectivity index (χ3n) is 3.53. The van der Waals surface area contributed by atoms with E-state index in [0.717, 1.165) is 0 Å². The zero-order valence-corrected chi connectivity index (χ0v) is 10.1. The Morgan fingerprint density at radius 3 is 2.33 bits per heavy atom. The summed E-state index contributed by atoms with van der Waals surface area (Å²) in [5, 5.41) is 0. The first-order valence-corrected chi connectivity index (χ1v) is 6.98. The van der Waals surface area contributed by atoms with E-state index in [2.05, 4.69) is 30.5 Å². The lowest BCUT2D eigenvalue weighted by atomic mass is 9.66. The van der Waals surface area contributed by atoms with E-state index in [1.54, 1.807) is 0 Å². The van der Waals surface area contributed by atoms with Crippen LogP contribution >= 0.6 is 11.8 Å². The molecule has 0 amide bonds. The van der Waals surface area contributed by atoms with Crippen molar-refractivity contribution in [2.75, 3.05) is 12.0 Å². The van der Waals surface area contributed by atoms with Gasteiger partial charge in [-0.1, -0.05) is 30.7 Å². The number of hydrogen-bond donors (Lipinski definition) is 1. The molecule has 0 unspecified atom stereocenters. The quantitative estimate of drug-likeness (QED) is 0.846. The molecule has 0 saturated heterocycles. The van der Waals surface area contributed by atoms with Crippen LogP contribution in [-0.4, -0.2) is 12.0 Å². The van der Waals surface area contributed by atoms with Gasteiger partial charge in [-0.05, 0) is 30.2 Å². The van der Waals surface area contributed by atoms with E-state index in [4.69, 9.17) is 5.73 Å². The third kappa shape index (κ3) is 2.06. The molecule has 82 valence electrons. The van der Waals surface area contributed by atoms with E-state index >= 15 is 0 Å². The lowest BCUT2D eigenvalue weighted by Crippen LogP contribution is -2.36. The first-order valence-electron chi connectivity index (χ1n) is 5.59. The van der Waals surface area contributed by atoms with Crippen LogP contribution in [0.4, 0.5) is 0 Å². The Labute approximate surface area is 96.4 Å². The fraction of sp³-hybridized carbons (Fsp3) is 0.538. The smallest absolute Gasteiger partial charge is 0.0178 e. The van der Waals surface area contributed by atoms with Gasteiger partial charge in [-0.15, -0.1) is 0 Å². The molecule has 1 aromatic carbocycles. The predicted octanol–water partition coefficient (Wildman–Crippen LogP) is 2.93. The monoisotopic (exact) mass is 221 g/mol. The highest BCUT2D eigenvalue weighted by atomic mass is 32.2. The van der Waals surface area contributed by atoms with E-state index in [0.29, 0.717) is 12.0 Å². The first kappa shape index (κ1) is 11.0. The normalized spacial score (nSPS) is 18.5. The molecule has 15 heavy (non-hydrogen) atoms. The van der Waals surface area contributed by atoms with Gasteiger partial charge >= 0.3 is 0 Å². The highest BCUT2D eigenvalue weighted by molar-refractivity contribution is 7.98. The molecule has 0 aromatic heterocycles. The van der Waals surface area contributed by atoms with E-state index in [9.17, 15) is 0 Å². The van der Waals surface area contributed by atoms with Crippen molar-refractivity contribution in [2.45, 2.75) is 31.2 Å². The van der Waals surface area contributed by atoms with Crippen LogP contribution in [0.5, 0.6) is 0 Å². The van der Waals surface area contributed by atoms with E-state index < -0.39 is 0 Å². The first-order chi connectivity index (χ1) is 7.30. The molecule has 1 aliphatic carbocycles. The summed E-state index contributed by atoms with van der Waals surface area (Å²) >= 11 is 1.96. The minimum absolute atomic E-state index is 0.479. The van der Waals surface area contributed by atoms with Gasteiger partial charge in [0, 0.05) is 17.7 Å². The molecule has 2 rings (SSSR count). The van der Waals surface area contributed by atoms with Crippen molar-refractivity contribution in [3.05, 3.63) is 35.4 Å². The third-order valence-corrected chi connectivity index (χ3v) is 4.37. The summed E-state index contributed by atoms with van der Waals surface area (Å²) in [6.07, 6.45) is 6.30. The molecule has 0 radical (unpaired) electrons. The van der Waals surface area contributed by atoms with Crippen molar-refractivity contribution in [1.82, 2.24) is 0 Å². The van der Waals surface area contributed by atoms with E-state index in [-0.39, 0.29) is 0 Å². The highest BCUT2D eigenvalue weighted by Gasteiger charge is 2.37. The molecule has 1 fully saturated rings. The fourth-order valence-electron chi connectivity index (χ4n) is 2.39. The van der Waals surface area contributed by atoms with Crippen LogP contribution in [-0.2, 0) is 12.0 Å². The van der Waals surface area contributed by atoms with Gasteiger partial charge in [0.05, 0.1) is 0 Å². The molecule has 0 spiro atoms. The summed E-state index contributed by atoms with van der Waals surface area (Å²) in [6.45, 7) is 0.649. The molecule has 1 aromatic rings. The molecule has 0 heterocycles. The Morgan fingerprint density at radius 1 is 1.27 bits per heavy atom. The highest BCUT2D eigenvalue weighted by Crippen LogP contribution is 2.45. The van der Waals surface area contributed by atoms with Crippen LogP contribution in [0.1, 0.15) is 30.4 Å². The van der Waals surface area contributed by atoms with Gasteiger partial charge in [0.25, 0.3) is 0 Å². The van der Waals surface area contributed by atoms with Crippen molar-refractivity contribution in [3.63, 3.8) is 0 Å². The minimum Gasteiger partial charge on any atom is -0.326 e. The van der Waals surface area contributed by atoms with E-state index in [1.165, 1.54) is 36.1 Å². The van der Waals surface area contributed by atoms with Crippen molar-refractivity contribution in [1.29, 1.82) is 0 Å². The van der Waals surface area contributed by atoms with Crippen molar-refractivity contribution < 1.29 is 0 Å². The molecule has 1 aliphatic rings. The van der Waals surface area contributed by atoms with Gasteiger partial charge in [0.1, 0.15) is 0 Å². The van der Waals surface area contributed by atoms with Crippen LogP contribution < -0.4 is 5.73 Å². The summed E-state index contributed by atoms with van der Waals surface area (Å²) in [6, 6.07) is 8.90. The molecule has 1 saturated carbocycles. The van der Waals surface area contributed by atoms with Crippen LogP contribution in [0, 0.1) is 0 Å². The van der Waals surface area contributed by atoms with Crippen molar-refractivity contribution in [2.24, 2.45) is 5.73 Å². The maximum absolute atomic E-state index is 5.61. The second-order valence-corrected chi connectivity index (χ2v) is 5.33. The average Bonchev–Trinajstić information content (AvgIpc) is 2.24. The lowest BCUT2D eigenvalue weighted by Gasteiger charge is -2.42. The Bertz CT molecular complexity index is 314. The maximum Gasteiger partial charge on any atom is 0.0178 e. The summed E-state index contributed by atoms with van der Waals surface area (Å²) in [5.74, 6) is 1.26. The summed E-state index contributed by atoms with van der Waals surface area (Å²) in [7, 11) is 0. The Kier molecular flexibility index (Phi) is 3.37. The Hall–Kier alpha value is -0.470. The molecular weight excluding hydrogens is 202 g/mol. The Balaban J connectivity index is 2.19. The zero-order valence-electron chi connectivity index (χ0n) is 9.33. The van der Waals surface area contributed by atoms with Gasteiger partial charge in [-0.3, -0.25) is 0 Å². The zero-order chi connectivity index (χ0) is 10.7. The summed E-state index contributed by atoms with van der Waals surface area (Å²) in [4.78, 5) is 0. The van der Waals surface area contributed by atoms with Crippen LogP contribution in [0.15, 0.2) is 24.3 Å². The number of nitrogens with two attached hydrogens (primary N) is 1. The van der Waals surface area contributed by atoms with E-state index in [1.807, 2.05) is 11.8 Å². The summed E-state index contributed by atoms with van der Waals surface area (Å²) < 4.78 is 0. The maximum atomic E-state index is 5.61. The molecule has 1 nitrogen and oxygen atoms in total. The average molecular weight is 221 g/mol. The SMILES string of the molecule is CSCC1(c2ccc(CN)cc2)CCC1. The standard InChI is InChI=1S/C13H19NS/c1-15-10-13(7-2-8-13)12-5-3-11(9-14)4-6-12/h3-6H,2,7-10,14H2,1H3. The minimum atomic E-state index is 0.479. The largest absolute Gasteiger partial charge is 0.326 e. The second kappa shape index (κ2) is 4.58. The van der Waals surface area contributed by atoms with Gasteiger partial charge in [0.15, 0.2) is 0 Å². The molecule has 0 aliphatic heterocycles. The molecule has 2 N–H and O–H groups in total. The van der Waals surface area contributed by atoms with Gasteiger partial charge in [-0.25, -0.2) is 0 Å². The molecule has 0 bridgehead atoms. The van der Waals surface area contributed by atoms with Crippen molar-refractivity contribution >= 4 is 11.8 Å². The number of benzene rings is 1. The number of rotatable bonds is 4. The molecular formula is C13H19NS. The second-order valence-electron chi connectivity index (χ2n) is 4.47. The lowest BCUT2D eigenvalue weighted by molar-refractivity contribution is 0.279. The number of hydrogen-bond acceptors (Lipinski definition) is 2. The van der Waals surface area contributed by atoms with Crippen LogP contribution in [0.2, 0.25) is 0 Å². The predicted molar refractivity (Wildman–Crippen MR) is 68.2 cm³/mol. The van der Waals surface area contributed by atoms with Crippen LogP contribution in [0.3, 0.4) is 0 Å². The van der Waals surface area contributed by atoms with Gasteiger partial charge in [0.2, 0.25) is 0 Å². The molecule has 2 heteroatoms. The molecule has 0 atom stereocenters. The topological polar surface area (TPSA) is 26.0 Å². The van der Waals surface area contributed by atoms with Crippen molar-refractivity contribution in [3.8, 4) is 0 Å². The summed E-state index contributed by atoms with van der Waals surface area (Å²) in [5.41, 5.74) is 8.84. The fourth-order valence-corrected chi connectivity index (χ4v) is 3.40. The van der Waals surface area contributed by atoms with Crippen LogP contribution in [0.25, 0.3) is 0 Å². The Morgan fingerprint density at radius 2 is 1.93 bits per heavy atom. The van der Waals surface area contributed by atoms with Gasteiger partial charge in [-0.2, -0.15) is 11.8 Å². The number of thioether (sulfide) groups is 1. The van der Waals surface area contributed by atoms with Gasteiger partial charge < -0.3 is 5.73 Å².